The van der Waals surface area contributed by atoms with E-state index in [1.165, 1.54) is 23.2 Å². The Labute approximate surface area is 164 Å². The Morgan fingerprint density at radius 1 is 1.25 bits per heavy atom. The van der Waals surface area contributed by atoms with E-state index in [-0.39, 0.29) is 32.0 Å². The molecule has 0 N–H and O–H groups in total. The van der Waals surface area contributed by atoms with Crippen molar-refractivity contribution in [1.29, 1.82) is 0 Å². The highest BCUT2D eigenvalue weighted by atomic mass is 35.5. The van der Waals surface area contributed by atoms with Gasteiger partial charge < -0.3 is 9.64 Å². The standard InChI is InChI=1S/C19H16ClF3N2O3/c20-16-5-4-13(8-24-16)11-28-18(27)14-7-17(26)25(10-14)9-12-2-1-3-15(6-12)19(21,22)23/h1-6,8,14H,7,9-11H2. The topological polar surface area (TPSA) is 59.5 Å². The first-order valence-corrected chi connectivity index (χ1v) is 8.81. The second-order valence-corrected chi connectivity index (χ2v) is 6.86. The lowest BCUT2D eigenvalue weighted by atomic mass is 10.1. The quantitative estimate of drug-likeness (QED) is 0.553. The summed E-state index contributed by atoms with van der Waals surface area (Å²) >= 11 is 5.69. The number of likely N-dealkylation sites (tertiary alicyclic amines) is 1. The molecule has 9 heteroatoms. The molecule has 0 aliphatic carbocycles. The summed E-state index contributed by atoms with van der Waals surface area (Å²) < 4.78 is 43.7. The first kappa shape index (κ1) is 20.1. The number of amides is 1. The minimum atomic E-state index is -4.45. The highest BCUT2D eigenvalue weighted by Crippen LogP contribution is 2.30. The number of benzene rings is 1. The summed E-state index contributed by atoms with van der Waals surface area (Å²) in [6, 6.07) is 8.03. The number of esters is 1. The first-order valence-electron chi connectivity index (χ1n) is 8.43. The van der Waals surface area contributed by atoms with Gasteiger partial charge in [0.1, 0.15) is 11.8 Å². The van der Waals surface area contributed by atoms with Crippen LogP contribution in [-0.4, -0.2) is 28.3 Å². The summed E-state index contributed by atoms with van der Waals surface area (Å²) in [6.07, 6.45) is -3.00. The van der Waals surface area contributed by atoms with Gasteiger partial charge in [-0.05, 0) is 23.8 Å². The zero-order valence-corrected chi connectivity index (χ0v) is 15.3. The summed E-state index contributed by atoms with van der Waals surface area (Å²) in [4.78, 5) is 29.6. The highest BCUT2D eigenvalue weighted by molar-refractivity contribution is 6.29. The number of hydrogen-bond donors (Lipinski definition) is 0. The van der Waals surface area contributed by atoms with Crippen molar-refractivity contribution in [1.82, 2.24) is 9.88 Å². The van der Waals surface area contributed by atoms with E-state index in [2.05, 4.69) is 4.98 Å². The Morgan fingerprint density at radius 2 is 2.04 bits per heavy atom. The zero-order chi connectivity index (χ0) is 20.3. The maximum atomic E-state index is 12.8. The Hall–Kier alpha value is -2.61. The van der Waals surface area contributed by atoms with E-state index in [9.17, 15) is 22.8 Å². The van der Waals surface area contributed by atoms with Gasteiger partial charge in [-0.2, -0.15) is 13.2 Å². The third kappa shape index (κ3) is 5.01. The molecule has 0 bridgehead atoms. The molecule has 1 unspecified atom stereocenters. The van der Waals surface area contributed by atoms with Crippen LogP contribution in [0.5, 0.6) is 0 Å². The maximum Gasteiger partial charge on any atom is 0.416 e. The van der Waals surface area contributed by atoms with Gasteiger partial charge >= 0.3 is 12.1 Å². The van der Waals surface area contributed by atoms with Crippen molar-refractivity contribution in [3.63, 3.8) is 0 Å². The number of nitrogens with zero attached hydrogens (tertiary/aromatic N) is 2. The number of carbonyl (C=O) groups excluding carboxylic acids is 2. The van der Waals surface area contributed by atoms with Gasteiger partial charge in [0, 0.05) is 31.3 Å². The number of pyridine rings is 1. The van der Waals surface area contributed by atoms with Crippen molar-refractivity contribution in [3.8, 4) is 0 Å². The van der Waals surface area contributed by atoms with Crippen LogP contribution in [0.15, 0.2) is 42.6 Å². The molecule has 2 heterocycles. The van der Waals surface area contributed by atoms with Crippen LogP contribution in [0.1, 0.15) is 23.1 Å². The van der Waals surface area contributed by atoms with Crippen LogP contribution in [0.25, 0.3) is 0 Å². The average Bonchev–Trinajstić information content (AvgIpc) is 3.01. The van der Waals surface area contributed by atoms with Gasteiger partial charge in [0.15, 0.2) is 0 Å². The molecule has 0 radical (unpaired) electrons. The van der Waals surface area contributed by atoms with E-state index >= 15 is 0 Å². The number of alkyl halides is 3. The van der Waals surface area contributed by atoms with Gasteiger partial charge in [0.05, 0.1) is 11.5 Å². The van der Waals surface area contributed by atoms with Crippen molar-refractivity contribution >= 4 is 23.5 Å². The Kier molecular flexibility index (Phi) is 5.88. The number of hydrogen-bond acceptors (Lipinski definition) is 4. The van der Waals surface area contributed by atoms with Gasteiger partial charge in [-0.15, -0.1) is 0 Å². The van der Waals surface area contributed by atoms with Gasteiger partial charge in [0.2, 0.25) is 5.91 Å². The summed E-state index contributed by atoms with van der Waals surface area (Å²) in [5.74, 6) is -1.49. The SMILES string of the molecule is O=C(OCc1ccc(Cl)nc1)C1CC(=O)N(Cc2cccc(C(F)(F)F)c2)C1. The molecule has 1 aliphatic heterocycles. The molecule has 0 saturated carbocycles. The number of aromatic nitrogens is 1. The lowest BCUT2D eigenvalue weighted by molar-refractivity contribution is -0.149. The minimum Gasteiger partial charge on any atom is -0.460 e. The molecular weight excluding hydrogens is 397 g/mol. The summed E-state index contributed by atoms with van der Waals surface area (Å²) in [7, 11) is 0. The molecule has 1 aromatic carbocycles. The monoisotopic (exact) mass is 412 g/mol. The van der Waals surface area contributed by atoms with E-state index in [1.807, 2.05) is 0 Å². The minimum absolute atomic E-state index is 0.00131. The Balaban J connectivity index is 1.57. The lowest BCUT2D eigenvalue weighted by Crippen LogP contribution is -2.26. The van der Waals surface area contributed by atoms with Crippen molar-refractivity contribution in [2.75, 3.05) is 6.54 Å². The smallest absolute Gasteiger partial charge is 0.416 e. The molecule has 1 fully saturated rings. The summed E-state index contributed by atoms with van der Waals surface area (Å²) in [5.41, 5.74) is 0.233. The Bertz CT molecular complexity index is 871. The third-order valence-electron chi connectivity index (χ3n) is 4.35. The molecule has 5 nitrogen and oxygen atoms in total. The van der Waals surface area contributed by atoms with Crippen LogP contribution in [-0.2, 0) is 33.7 Å². The van der Waals surface area contributed by atoms with E-state index < -0.39 is 23.6 Å². The second-order valence-electron chi connectivity index (χ2n) is 6.47. The van der Waals surface area contributed by atoms with Crippen LogP contribution in [0.3, 0.4) is 0 Å². The predicted octanol–water partition coefficient (Wildman–Crippen LogP) is 3.85. The van der Waals surface area contributed by atoms with E-state index in [1.54, 1.807) is 12.1 Å². The van der Waals surface area contributed by atoms with Gasteiger partial charge in [-0.1, -0.05) is 29.8 Å². The molecule has 3 rings (SSSR count). The molecule has 1 aromatic heterocycles. The van der Waals surface area contributed by atoms with Crippen molar-refractivity contribution < 1.29 is 27.5 Å². The predicted molar refractivity (Wildman–Crippen MR) is 94.0 cm³/mol. The van der Waals surface area contributed by atoms with Crippen molar-refractivity contribution in [3.05, 3.63) is 64.4 Å². The second kappa shape index (κ2) is 8.18. The number of carbonyl (C=O) groups is 2. The number of halogens is 4. The molecular formula is C19H16ClF3N2O3. The zero-order valence-electron chi connectivity index (χ0n) is 14.6. The highest BCUT2D eigenvalue weighted by Gasteiger charge is 2.36. The molecule has 148 valence electrons. The van der Waals surface area contributed by atoms with Crippen molar-refractivity contribution in [2.45, 2.75) is 25.7 Å². The van der Waals surface area contributed by atoms with Crippen LogP contribution in [0, 0.1) is 5.92 Å². The van der Waals surface area contributed by atoms with Crippen LogP contribution in [0.2, 0.25) is 5.15 Å². The van der Waals surface area contributed by atoms with Gasteiger partial charge in [-0.3, -0.25) is 9.59 Å². The Morgan fingerprint density at radius 3 is 2.71 bits per heavy atom. The fourth-order valence-electron chi connectivity index (χ4n) is 2.91. The normalized spacial score (nSPS) is 17.1. The number of ether oxygens (including phenoxy) is 1. The molecule has 0 spiro atoms. The summed E-state index contributed by atoms with van der Waals surface area (Å²) in [6.45, 7) is 0.113. The van der Waals surface area contributed by atoms with E-state index in [0.717, 1.165) is 12.1 Å². The molecule has 1 saturated heterocycles. The fraction of sp³-hybridized carbons (Fsp3) is 0.316. The number of rotatable bonds is 5. The first-order chi connectivity index (χ1) is 13.2. The summed E-state index contributed by atoms with van der Waals surface area (Å²) in [5, 5.41) is 0.321. The molecule has 1 atom stereocenters. The van der Waals surface area contributed by atoms with E-state index in [0.29, 0.717) is 16.3 Å². The maximum absolute atomic E-state index is 12.8. The van der Waals surface area contributed by atoms with Crippen LogP contribution in [0.4, 0.5) is 13.2 Å². The van der Waals surface area contributed by atoms with E-state index in [4.69, 9.17) is 16.3 Å². The van der Waals surface area contributed by atoms with Gasteiger partial charge in [-0.25, -0.2) is 4.98 Å². The van der Waals surface area contributed by atoms with Crippen LogP contribution >= 0.6 is 11.6 Å². The fourth-order valence-corrected chi connectivity index (χ4v) is 3.03. The lowest BCUT2D eigenvalue weighted by Gasteiger charge is -2.17. The van der Waals surface area contributed by atoms with Crippen molar-refractivity contribution in [2.24, 2.45) is 5.92 Å². The third-order valence-corrected chi connectivity index (χ3v) is 4.57. The molecule has 1 amide bonds. The largest absolute Gasteiger partial charge is 0.460 e. The van der Waals surface area contributed by atoms with Crippen LogP contribution < -0.4 is 0 Å². The molecule has 28 heavy (non-hydrogen) atoms. The molecule has 2 aromatic rings. The molecule has 1 aliphatic rings. The van der Waals surface area contributed by atoms with Gasteiger partial charge in [0.25, 0.3) is 0 Å². The average molecular weight is 413 g/mol.